The molecule has 0 fully saturated rings. The fourth-order valence-electron chi connectivity index (χ4n) is 0.385. The van der Waals surface area contributed by atoms with Crippen molar-refractivity contribution >= 4 is 11.0 Å². The summed E-state index contributed by atoms with van der Waals surface area (Å²) in [5, 5.41) is 4.97. The Balaban J connectivity index is 2.84. The van der Waals surface area contributed by atoms with Gasteiger partial charge in [0.15, 0.2) is 0 Å². The van der Waals surface area contributed by atoms with Gasteiger partial charge in [-0.2, -0.15) is 0 Å². The van der Waals surface area contributed by atoms with Crippen LogP contribution in [-0.2, 0) is 20.5 Å². The van der Waals surface area contributed by atoms with Gasteiger partial charge in [-0.25, -0.2) is 4.21 Å². The third-order valence-corrected chi connectivity index (χ3v) is 1.43. The van der Waals surface area contributed by atoms with E-state index in [0.717, 1.165) is 0 Å². The van der Waals surface area contributed by atoms with E-state index in [1.807, 2.05) is 0 Å². The quantitative estimate of drug-likeness (QED) is 0.531. The van der Waals surface area contributed by atoms with Gasteiger partial charge < -0.3 is 9.47 Å². The van der Waals surface area contributed by atoms with Crippen LogP contribution in [-0.4, -0.2) is 36.9 Å². The van der Waals surface area contributed by atoms with Gasteiger partial charge in [0.25, 0.3) is 0 Å². The van der Waals surface area contributed by atoms with Gasteiger partial charge >= 0.3 is 0 Å². The predicted molar refractivity (Wildman–Crippen MR) is 39.9 cm³/mol. The zero-order chi connectivity index (χ0) is 7.82. The highest BCUT2D eigenvalue weighted by Crippen LogP contribution is 1.77. The van der Waals surface area contributed by atoms with Gasteiger partial charge in [0, 0.05) is 7.11 Å². The number of methoxy groups -OCH3 is 1. The van der Waals surface area contributed by atoms with E-state index in [0.29, 0.717) is 25.6 Å². The van der Waals surface area contributed by atoms with E-state index < -0.39 is 11.0 Å². The molecular weight excluding hydrogens is 154 g/mol. The molecule has 0 aliphatic heterocycles. The summed E-state index contributed by atoms with van der Waals surface area (Å²) in [7, 11) is 0.365. The molecule has 1 unspecified atom stereocenters. The Hall–Kier alpha value is 0.0300. The molecule has 0 aliphatic rings. The minimum atomic E-state index is -1.24. The van der Waals surface area contributed by atoms with Crippen molar-refractivity contribution in [2.75, 3.05) is 32.7 Å². The standard InChI is InChI=1S/C5H13NO3S/c1-8-2-3-9-4-5-10(6)7/h2-6H2,1H3. The first-order valence-corrected chi connectivity index (χ1v) is 4.35. The molecule has 0 saturated heterocycles. The van der Waals surface area contributed by atoms with Crippen molar-refractivity contribution in [2.24, 2.45) is 5.14 Å². The summed E-state index contributed by atoms with van der Waals surface area (Å²) in [5.74, 6) is 0.393. The second-order valence-corrected chi connectivity index (χ2v) is 2.86. The van der Waals surface area contributed by atoms with E-state index in [2.05, 4.69) is 0 Å². The first-order chi connectivity index (χ1) is 4.77. The third kappa shape index (κ3) is 8.03. The molecule has 0 spiro atoms. The average Bonchev–Trinajstić information content (AvgIpc) is 1.87. The summed E-state index contributed by atoms with van der Waals surface area (Å²) in [6, 6.07) is 0. The topological polar surface area (TPSA) is 61.6 Å². The molecule has 0 saturated carbocycles. The van der Waals surface area contributed by atoms with Crippen LogP contribution in [0.1, 0.15) is 0 Å². The van der Waals surface area contributed by atoms with Crippen LogP contribution in [0.25, 0.3) is 0 Å². The van der Waals surface area contributed by atoms with Gasteiger partial charge in [0.2, 0.25) is 0 Å². The van der Waals surface area contributed by atoms with Gasteiger partial charge in [-0.3, -0.25) is 5.14 Å². The van der Waals surface area contributed by atoms with Gasteiger partial charge in [-0.1, -0.05) is 0 Å². The predicted octanol–water partition coefficient (Wildman–Crippen LogP) is -0.728. The normalized spacial score (nSPS) is 13.4. The number of nitrogens with two attached hydrogens (primary N) is 1. The molecular formula is C5H13NO3S. The Morgan fingerprint density at radius 1 is 1.40 bits per heavy atom. The second-order valence-electron chi connectivity index (χ2n) is 1.69. The molecule has 0 aromatic rings. The first-order valence-electron chi connectivity index (χ1n) is 2.97. The summed E-state index contributed by atoms with van der Waals surface area (Å²) in [4.78, 5) is 0. The first kappa shape index (κ1) is 10.0. The van der Waals surface area contributed by atoms with E-state index in [9.17, 15) is 4.21 Å². The van der Waals surface area contributed by atoms with Crippen LogP contribution in [0.5, 0.6) is 0 Å². The van der Waals surface area contributed by atoms with Crippen molar-refractivity contribution in [2.45, 2.75) is 0 Å². The van der Waals surface area contributed by atoms with Crippen LogP contribution in [0.4, 0.5) is 0 Å². The molecule has 1 atom stereocenters. The summed E-state index contributed by atoms with van der Waals surface area (Å²) >= 11 is 0. The summed E-state index contributed by atoms with van der Waals surface area (Å²) in [6.45, 7) is 1.54. The minimum absolute atomic E-state index is 0.393. The summed E-state index contributed by atoms with van der Waals surface area (Å²) in [6.07, 6.45) is 0. The molecule has 0 bridgehead atoms. The van der Waals surface area contributed by atoms with E-state index in [-0.39, 0.29) is 0 Å². The summed E-state index contributed by atoms with van der Waals surface area (Å²) < 4.78 is 20.0. The van der Waals surface area contributed by atoms with Crippen molar-refractivity contribution in [1.82, 2.24) is 0 Å². The zero-order valence-corrected chi connectivity index (χ0v) is 6.86. The van der Waals surface area contributed by atoms with Crippen LogP contribution >= 0.6 is 0 Å². The molecule has 0 aromatic heterocycles. The van der Waals surface area contributed by atoms with Gasteiger partial charge in [0.05, 0.1) is 36.6 Å². The van der Waals surface area contributed by atoms with E-state index in [4.69, 9.17) is 14.6 Å². The average molecular weight is 167 g/mol. The van der Waals surface area contributed by atoms with Gasteiger partial charge in [-0.05, 0) is 0 Å². The van der Waals surface area contributed by atoms with E-state index in [1.54, 1.807) is 7.11 Å². The lowest BCUT2D eigenvalue weighted by molar-refractivity contribution is 0.0787. The zero-order valence-electron chi connectivity index (χ0n) is 6.04. The van der Waals surface area contributed by atoms with Gasteiger partial charge in [0.1, 0.15) is 0 Å². The minimum Gasteiger partial charge on any atom is -0.382 e. The Morgan fingerprint density at radius 2 is 2.10 bits per heavy atom. The largest absolute Gasteiger partial charge is 0.382 e. The third-order valence-electron chi connectivity index (χ3n) is 0.861. The molecule has 0 aliphatic carbocycles. The monoisotopic (exact) mass is 167 g/mol. The highest BCUT2D eigenvalue weighted by molar-refractivity contribution is 7.82. The van der Waals surface area contributed by atoms with Gasteiger partial charge in [-0.15, -0.1) is 0 Å². The molecule has 0 amide bonds. The summed E-state index contributed by atoms with van der Waals surface area (Å²) in [5.41, 5.74) is 0. The van der Waals surface area contributed by atoms with Crippen molar-refractivity contribution in [3.05, 3.63) is 0 Å². The lowest BCUT2D eigenvalue weighted by atomic mass is 10.7. The van der Waals surface area contributed by atoms with Crippen LogP contribution in [0.15, 0.2) is 0 Å². The molecule has 2 N–H and O–H groups in total. The fourth-order valence-corrected chi connectivity index (χ4v) is 0.667. The molecule has 0 rings (SSSR count). The Kier molecular flexibility index (Phi) is 7.16. The second kappa shape index (κ2) is 7.14. The number of rotatable bonds is 6. The lowest BCUT2D eigenvalue weighted by Crippen LogP contribution is -2.14. The van der Waals surface area contributed by atoms with Crippen molar-refractivity contribution < 1.29 is 13.7 Å². The number of hydrogen-bond acceptors (Lipinski definition) is 3. The molecule has 4 nitrogen and oxygen atoms in total. The highest BCUT2D eigenvalue weighted by Gasteiger charge is 1.90. The lowest BCUT2D eigenvalue weighted by Gasteiger charge is -2.00. The Labute approximate surface area is 63.3 Å². The maximum atomic E-state index is 10.3. The van der Waals surface area contributed by atoms with Crippen LogP contribution in [0.3, 0.4) is 0 Å². The van der Waals surface area contributed by atoms with Crippen LogP contribution in [0, 0.1) is 0 Å². The van der Waals surface area contributed by atoms with E-state index >= 15 is 0 Å². The maximum absolute atomic E-state index is 10.3. The maximum Gasteiger partial charge on any atom is 0.0911 e. The molecule has 5 heteroatoms. The molecule has 10 heavy (non-hydrogen) atoms. The highest BCUT2D eigenvalue weighted by atomic mass is 32.2. The van der Waals surface area contributed by atoms with Crippen molar-refractivity contribution in [1.29, 1.82) is 0 Å². The number of hydrogen-bond donors (Lipinski definition) is 1. The smallest absolute Gasteiger partial charge is 0.0911 e. The van der Waals surface area contributed by atoms with Crippen LogP contribution in [0.2, 0.25) is 0 Å². The molecule has 0 radical (unpaired) electrons. The molecule has 0 aromatic carbocycles. The number of ether oxygens (including phenoxy) is 2. The SMILES string of the molecule is COCCOCCS(N)=O. The fraction of sp³-hybridized carbons (Fsp3) is 1.00. The Bertz CT molecular complexity index is 98.9. The van der Waals surface area contributed by atoms with Crippen molar-refractivity contribution in [3.8, 4) is 0 Å². The Morgan fingerprint density at radius 3 is 2.60 bits per heavy atom. The molecule has 62 valence electrons. The molecule has 0 heterocycles. The van der Waals surface area contributed by atoms with Crippen LogP contribution < -0.4 is 5.14 Å². The van der Waals surface area contributed by atoms with E-state index in [1.165, 1.54) is 0 Å². The van der Waals surface area contributed by atoms with Crippen molar-refractivity contribution in [3.63, 3.8) is 0 Å².